The van der Waals surface area contributed by atoms with Gasteiger partial charge in [0.1, 0.15) is 11.5 Å². The molecule has 0 saturated carbocycles. The Labute approximate surface area is 185 Å². The van der Waals surface area contributed by atoms with Crippen molar-refractivity contribution >= 4 is 34.4 Å². The van der Waals surface area contributed by atoms with Crippen molar-refractivity contribution in [1.29, 1.82) is 0 Å². The first-order valence-corrected chi connectivity index (χ1v) is 10.8. The minimum absolute atomic E-state index is 0.0555. The fourth-order valence-electron chi connectivity index (χ4n) is 3.99. The lowest BCUT2D eigenvalue weighted by Gasteiger charge is -2.34. The van der Waals surface area contributed by atoms with Crippen LogP contribution in [0.1, 0.15) is 18.4 Å². The molecule has 0 unspecified atom stereocenters. The van der Waals surface area contributed by atoms with Crippen LogP contribution in [0.2, 0.25) is 5.02 Å². The van der Waals surface area contributed by atoms with Gasteiger partial charge in [-0.15, -0.1) is 0 Å². The van der Waals surface area contributed by atoms with E-state index in [-0.39, 0.29) is 30.0 Å². The van der Waals surface area contributed by atoms with Gasteiger partial charge in [-0.3, -0.25) is 4.79 Å². The molecule has 0 spiro atoms. The molecule has 0 aliphatic carbocycles. The number of likely N-dealkylation sites (N-methyl/N-ethyl adjacent to an activating group) is 1. The molecule has 10 heteroatoms. The predicted molar refractivity (Wildman–Crippen MR) is 120 cm³/mol. The van der Waals surface area contributed by atoms with Crippen LogP contribution in [0.25, 0.3) is 11.0 Å². The summed E-state index contributed by atoms with van der Waals surface area (Å²) >= 11 is 6.09. The number of hydrogen-bond donors (Lipinski definition) is 3. The summed E-state index contributed by atoms with van der Waals surface area (Å²) in [4.78, 5) is 28.0. The Bertz CT molecular complexity index is 1030. The van der Waals surface area contributed by atoms with E-state index >= 15 is 0 Å². The zero-order chi connectivity index (χ0) is 22.0. The maximum absolute atomic E-state index is 14.5. The van der Waals surface area contributed by atoms with Gasteiger partial charge in [0, 0.05) is 43.0 Å². The van der Waals surface area contributed by atoms with Gasteiger partial charge in [-0.2, -0.15) is 0 Å². The number of amides is 1. The summed E-state index contributed by atoms with van der Waals surface area (Å²) in [6.45, 7) is 2.48. The van der Waals surface area contributed by atoms with Crippen molar-refractivity contribution in [1.82, 2.24) is 30.4 Å². The SMILES string of the molecule is CN(C)CC(=O)N1CCC[C@H](CNC2=C(F)CNC(c3c[nH]c4ncc(Cl)cc34)=N2)C1. The highest BCUT2D eigenvalue weighted by Gasteiger charge is 2.25. The molecule has 4 rings (SSSR count). The van der Waals surface area contributed by atoms with Crippen LogP contribution in [0.5, 0.6) is 0 Å². The molecule has 0 bridgehead atoms. The van der Waals surface area contributed by atoms with Crippen molar-refractivity contribution in [2.45, 2.75) is 12.8 Å². The molecule has 2 aromatic heterocycles. The highest BCUT2D eigenvalue weighted by molar-refractivity contribution is 6.31. The number of aromatic nitrogens is 2. The summed E-state index contributed by atoms with van der Waals surface area (Å²) in [5, 5.41) is 7.53. The van der Waals surface area contributed by atoms with E-state index in [2.05, 4.69) is 25.6 Å². The maximum Gasteiger partial charge on any atom is 0.236 e. The normalized spacial score (nSPS) is 19.6. The van der Waals surface area contributed by atoms with E-state index in [9.17, 15) is 9.18 Å². The zero-order valence-electron chi connectivity index (χ0n) is 17.7. The summed E-state index contributed by atoms with van der Waals surface area (Å²) in [5.41, 5.74) is 1.48. The number of H-pyrrole nitrogens is 1. The number of amidine groups is 1. The van der Waals surface area contributed by atoms with Crippen molar-refractivity contribution in [3.8, 4) is 0 Å². The van der Waals surface area contributed by atoms with Crippen molar-refractivity contribution in [2.75, 3.05) is 46.8 Å². The number of hydrogen-bond acceptors (Lipinski definition) is 6. The van der Waals surface area contributed by atoms with E-state index in [0.29, 0.717) is 36.1 Å². The van der Waals surface area contributed by atoms with Crippen LogP contribution in [0.3, 0.4) is 0 Å². The number of nitrogens with one attached hydrogen (secondary N) is 3. The third kappa shape index (κ3) is 4.99. The number of halogens is 2. The second-order valence-electron chi connectivity index (χ2n) is 8.29. The molecule has 1 saturated heterocycles. The average Bonchev–Trinajstić information content (AvgIpc) is 3.16. The fourth-order valence-corrected chi connectivity index (χ4v) is 4.15. The van der Waals surface area contributed by atoms with Gasteiger partial charge in [-0.05, 0) is 38.9 Å². The molecule has 8 nitrogen and oxygen atoms in total. The van der Waals surface area contributed by atoms with Gasteiger partial charge in [0.25, 0.3) is 0 Å². The predicted octanol–water partition coefficient (Wildman–Crippen LogP) is 2.09. The van der Waals surface area contributed by atoms with Crippen LogP contribution >= 0.6 is 11.6 Å². The van der Waals surface area contributed by atoms with Crippen LogP contribution in [-0.2, 0) is 4.79 Å². The Morgan fingerprint density at radius 1 is 1.45 bits per heavy atom. The first-order valence-electron chi connectivity index (χ1n) is 10.4. The molecule has 1 atom stereocenters. The molecule has 166 valence electrons. The molecule has 0 aromatic carbocycles. The van der Waals surface area contributed by atoms with Gasteiger partial charge in [0.15, 0.2) is 11.6 Å². The fraction of sp³-hybridized carbons (Fsp3) is 0.476. The standard InChI is InChI=1S/C21H27ClFN7O/c1-29(2)12-18(31)30-5-3-4-13(11-30)7-24-21-17(23)10-27-20(28-21)16-9-26-19-15(16)6-14(22)8-25-19/h6,8-9,13,24H,3-5,7,10-12H2,1-2H3,(H,25,26)(H,27,28)/t13-/m1/s1. The Balaban J connectivity index is 1.44. The van der Waals surface area contributed by atoms with E-state index < -0.39 is 0 Å². The van der Waals surface area contributed by atoms with Gasteiger partial charge < -0.3 is 25.4 Å². The molecule has 2 aliphatic heterocycles. The molecule has 1 amide bonds. The minimum Gasteiger partial charge on any atom is -0.367 e. The molecule has 4 heterocycles. The molecule has 2 aromatic rings. The molecule has 3 N–H and O–H groups in total. The number of aromatic amines is 1. The molecule has 0 radical (unpaired) electrons. The van der Waals surface area contributed by atoms with Crippen molar-refractivity contribution < 1.29 is 9.18 Å². The monoisotopic (exact) mass is 447 g/mol. The molecular weight excluding hydrogens is 421 g/mol. The van der Waals surface area contributed by atoms with E-state index in [1.807, 2.05) is 30.0 Å². The first kappa shape index (κ1) is 21.6. The van der Waals surface area contributed by atoms with Crippen LogP contribution < -0.4 is 10.6 Å². The topological polar surface area (TPSA) is 88.7 Å². The lowest BCUT2D eigenvalue weighted by Crippen LogP contribution is -2.46. The number of fused-ring (bicyclic) bond motifs is 1. The molecule has 1 fully saturated rings. The summed E-state index contributed by atoms with van der Waals surface area (Å²) in [6.07, 6.45) is 5.31. The number of piperidine rings is 1. The van der Waals surface area contributed by atoms with Crippen LogP contribution in [0, 0.1) is 5.92 Å². The van der Waals surface area contributed by atoms with Crippen molar-refractivity contribution in [3.63, 3.8) is 0 Å². The molecule has 2 aliphatic rings. The number of pyridine rings is 1. The third-order valence-electron chi connectivity index (χ3n) is 5.53. The van der Waals surface area contributed by atoms with E-state index in [1.165, 1.54) is 0 Å². The number of carbonyl (C=O) groups excluding carboxylic acids is 1. The lowest BCUT2D eigenvalue weighted by molar-refractivity contribution is -0.133. The average molecular weight is 448 g/mol. The second-order valence-corrected chi connectivity index (χ2v) is 8.72. The second kappa shape index (κ2) is 9.23. The number of rotatable bonds is 6. The largest absolute Gasteiger partial charge is 0.367 e. The minimum atomic E-state index is -0.337. The van der Waals surface area contributed by atoms with Gasteiger partial charge in [0.05, 0.1) is 18.1 Å². The van der Waals surface area contributed by atoms with Crippen LogP contribution in [-0.4, -0.2) is 78.3 Å². The van der Waals surface area contributed by atoms with E-state index in [0.717, 1.165) is 30.3 Å². The quantitative estimate of drug-likeness (QED) is 0.631. The number of aliphatic imine (C=N–C) groups is 1. The third-order valence-corrected chi connectivity index (χ3v) is 5.73. The Hall–Kier alpha value is -2.65. The number of nitrogens with zero attached hydrogens (tertiary/aromatic N) is 4. The first-order chi connectivity index (χ1) is 14.9. The van der Waals surface area contributed by atoms with Crippen molar-refractivity contribution in [2.24, 2.45) is 10.9 Å². The smallest absolute Gasteiger partial charge is 0.236 e. The van der Waals surface area contributed by atoms with E-state index in [1.54, 1.807) is 12.4 Å². The lowest BCUT2D eigenvalue weighted by atomic mass is 9.98. The number of carbonyl (C=O) groups is 1. The maximum atomic E-state index is 14.5. The summed E-state index contributed by atoms with van der Waals surface area (Å²) in [6, 6.07) is 1.81. The number of likely N-dealkylation sites (tertiary alicyclic amines) is 1. The van der Waals surface area contributed by atoms with Gasteiger partial charge in [-0.25, -0.2) is 14.4 Å². The zero-order valence-corrected chi connectivity index (χ0v) is 18.5. The molecule has 31 heavy (non-hydrogen) atoms. The summed E-state index contributed by atoms with van der Waals surface area (Å²) in [7, 11) is 3.78. The van der Waals surface area contributed by atoms with Gasteiger partial charge >= 0.3 is 0 Å². The Morgan fingerprint density at radius 3 is 3.10 bits per heavy atom. The summed E-state index contributed by atoms with van der Waals surface area (Å²) in [5.74, 6) is 0.843. The Morgan fingerprint density at radius 2 is 2.29 bits per heavy atom. The summed E-state index contributed by atoms with van der Waals surface area (Å²) < 4.78 is 14.5. The highest BCUT2D eigenvalue weighted by Crippen LogP contribution is 2.23. The van der Waals surface area contributed by atoms with Crippen LogP contribution in [0.15, 0.2) is 35.1 Å². The molecular formula is C21H27ClFN7O. The van der Waals surface area contributed by atoms with E-state index in [4.69, 9.17) is 11.6 Å². The highest BCUT2D eigenvalue weighted by atomic mass is 35.5. The Kier molecular flexibility index (Phi) is 6.43. The van der Waals surface area contributed by atoms with Gasteiger partial charge in [0.2, 0.25) is 5.91 Å². The van der Waals surface area contributed by atoms with Gasteiger partial charge in [-0.1, -0.05) is 11.6 Å². The van der Waals surface area contributed by atoms with Crippen molar-refractivity contribution in [3.05, 3.63) is 40.7 Å². The van der Waals surface area contributed by atoms with Crippen LogP contribution in [0.4, 0.5) is 4.39 Å².